The molecule has 92 heavy (non-hydrogen) atoms. The van der Waals surface area contributed by atoms with Gasteiger partial charge < -0.3 is 55.3 Å². The molecule has 7 aromatic rings. The SMILES string of the molecule is CCc1c(C)c2cc3nc(cc4nc(cc5[nH]c(cc1[nH]2)c(C)c5C(C)OC(C)c1c(C)c2cc5nc(cc6[nH]c(cc7nc(cc1[nH]2)C(C)=C7CCC(=O)O)c(CCC(=O)O)c6C)-c1c-5ccc(C(=O)O)c1C(=O)O)C(C)=C4CCC(=O)O)C(CCC(=O)O)=C3C. The minimum atomic E-state index is -1.48. The van der Waals surface area contributed by atoms with Crippen molar-refractivity contribution in [3.8, 4) is 22.5 Å². The Hall–Kier alpha value is -10.5. The second-order valence-electron chi connectivity index (χ2n) is 24.0. The van der Waals surface area contributed by atoms with E-state index in [1.165, 1.54) is 12.1 Å². The normalized spacial score (nSPS) is 13.6. The molecule has 21 nitrogen and oxygen atoms in total. The molecule has 21 heteroatoms. The molecular formula is C71H70N8O13. The zero-order chi connectivity index (χ0) is 66.0. The molecule has 2 atom stereocenters. The molecule has 0 spiro atoms. The third-order valence-electron chi connectivity index (χ3n) is 18.4. The topological polar surface area (TPSA) is 348 Å². The van der Waals surface area contributed by atoms with Crippen LogP contribution in [0.2, 0.25) is 0 Å². The first kappa shape index (κ1) is 63.0. The summed E-state index contributed by atoms with van der Waals surface area (Å²) in [6.07, 6.45) is -0.817. The van der Waals surface area contributed by atoms with Gasteiger partial charge in [-0.15, -0.1) is 0 Å². The van der Waals surface area contributed by atoms with E-state index in [0.717, 1.165) is 61.1 Å². The summed E-state index contributed by atoms with van der Waals surface area (Å²) in [5.74, 6) is -6.91. The maximum Gasteiger partial charge on any atom is 0.337 e. The summed E-state index contributed by atoms with van der Waals surface area (Å²) in [5.41, 5.74) is 19.4. The van der Waals surface area contributed by atoms with Crippen LogP contribution in [0.4, 0.5) is 0 Å². The number of benzene rings is 1. The highest BCUT2D eigenvalue weighted by atomic mass is 16.5. The Morgan fingerprint density at radius 3 is 1.24 bits per heavy atom. The number of hydrogen-bond acceptors (Lipinski definition) is 11. The first-order valence-corrected chi connectivity index (χ1v) is 30.5. The van der Waals surface area contributed by atoms with Crippen LogP contribution in [0.3, 0.4) is 0 Å². The van der Waals surface area contributed by atoms with E-state index in [9.17, 15) is 59.4 Å². The molecule has 4 aliphatic heterocycles. The number of H-pyrrole nitrogens is 4. The molecule has 10 heterocycles. The summed E-state index contributed by atoms with van der Waals surface area (Å²) in [4.78, 5) is 109. The largest absolute Gasteiger partial charge is 0.481 e. The molecule has 11 rings (SSSR count). The molecule has 0 saturated heterocycles. The molecule has 472 valence electrons. The smallest absolute Gasteiger partial charge is 0.337 e. The molecule has 4 aliphatic rings. The second-order valence-corrected chi connectivity index (χ2v) is 24.0. The van der Waals surface area contributed by atoms with Crippen LogP contribution in [0.5, 0.6) is 0 Å². The van der Waals surface area contributed by atoms with Gasteiger partial charge in [-0.25, -0.2) is 29.5 Å². The van der Waals surface area contributed by atoms with Crippen LogP contribution in [0.25, 0.3) is 100 Å². The Morgan fingerprint density at radius 1 is 0.413 bits per heavy atom. The standard InChI is InChI=1S/C71H70N8O13/c1-11-39-30(2)46-22-47-31(3)40(14-18-62(80)81)54(73-47)28-55-41(15-19-63(82)83)32(4)48(74-55)25-59-66(35(7)51(77-59)23-53(39)72-46)37(9)92-38(10)67-36(8)52-24-58-44-12-13-45(70(88)89)69(71(90)91)68(44)61(79-58)27-50-34(6)43(17-21-65(86)87)57(76-50)29-56-42(16-20-64(84)85)33(5)49(75-56)26-60(67)78-52/h12-13,22-29,37-38,72,76-78H,11,14-21H2,1-10H3,(H,80,81)(H,82,83)(H,84,85)(H,86,87)(H,88,89)(H,90,91). The van der Waals surface area contributed by atoms with Crippen molar-refractivity contribution in [1.29, 1.82) is 0 Å². The number of nitrogens with zero attached hydrogens (tertiary/aromatic N) is 4. The van der Waals surface area contributed by atoms with Gasteiger partial charge in [-0.3, -0.25) is 19.2 Å². The first-order valence-electron chi connectivity index (χ1n) is 30.5. The van der Waals surface area contributed by atoms with Crippen LogP contribution >= 0.6 is 0 Å². The fraction of sp³-hybridized carbons (Fsp3) is 0.296. The van der Waals surface area contributed by atoms with Crippen LogP contribution in [-0.4, -0.2) is 106 Å². The molecule has 2 unspecified atom stereocenters. The predicted octanol–water partition coefficient (Wildman–Crippen LogP) is 14.7. The van der Waals surface area contributed by atoms with E-state index < -0.39 is 59.2 Å². The van der Waals surface area contributed by atoms with Crippen LogP contribution < -0.4 is 0 Å². The monoisotopic (exact) mass is 1240 g/mol. The Balaban J connectivity index is 1.15. The third kappa shape index (κ3) is 11.7. The molecule has 0 radical (unpaired) electrons. The molecule has 6 aromatic heterocycles. The van der Waals surface area contributed by atoms with Gasteiger partial charge in [0.25, 0.3) is 0 Å². The van der Waals surface area contributed by atoms with Gasteiger partial charge in [-0.1, -0.05) is 13.0 Å². The quantitative estimate of drug-likeness (QED) is 0.0359. The van der Waals surface area contributed by atoms with Gasteiger partial charge in [0, 0.05) is 92.1 Å². The molecule has 0 aliphatic carbocycles. The van der Waals surface area contributed by atoms with Gasteiger partial charge in [-0.2, -0.15) is 0 Å². The number of fused-ring (bicyclic) bond motifs is 19. The number of rotatable bonds is 19. The number of nitrogens with one attached hydrogen (secondary N) is 4. The van der Waals surface area contributed by atoms with E-state index in [1.54, 1.807) is 25.1 Å². The van der Waals surface area contributed by atoms with E-state index in [0.29, 0.717) is 113 Å². The van der Waals surface area contributed by atoms with E-state index >= 15 is 0 Å². The maximum absolute atomic E-state index is 13.2. The van der Waals surface area contributed by atoms with Crippen LogP contribution in [-0.2, 0) is 36.8 Å². The van der Waals surface area contributed by atoms with E-state index in [-0.39, 0.29) is 62.6 Å². The number of allylic oxidation sites excluding steroid dienone is 6. The summed E-state index contributed by atoms with van der Waals surface area (Å²) < 4.78 is 7.28. The summed E-state index contributed by atoms with van der Waals surface area (Å²) in [6, 6.07) is 17.7. The molecule has 0 amide bonds. The fourth-order valence-electron chi connectivity index (χ4n) is 13.6. The number of ether oxygens (including phenoxy) is 1. The van der Waals surface area contributed by atoms with Crippen molar-refractivity contribution >= 4 is 113 Å². The van der Waals surface area contributed by atoms with E-state index in [4.69, 9.17) is 24.7 Å². The highest BCUT2D eigenvalue weighted by Gasteiger charge is 2.31. The number of hydrogen-bond donors (Lipinski definition) is 10. The average Bonchev–Trinajstić information content (AvgIpc) is 1.59. The average molecular weight is 1240 g/mol. The van der Waals surface area contributed by atoms with Crippen LogP contribution in [0.1, 0.15) is 198 Å². The molecule has 10 N–H and O–H groups in total. The van der Waals surface area contributed by atoms with Crippen molar-refractivity contribution in [3.05, 3.63) is 150 Å². The van der Waals surface area contributed by atoms with Crippen molar-refractivity contribution in [2.45, 2.75) is 139 Å². The number of aromatic amines is 4. The number of carboxylic acid groups (broad SMARTS) is 6. The minimum absolute atomic E-state index is 0.0727. The lowest BCUT2D eigenvalue weighted by Gasteiger charge is -2.21. The highest BCUT2D eigenvalue weighted by molar-refractivity contribution is 6.11. The van der Waals surface area contributed by atoms with Gasteiger partial charge in [0.2, 0.25) is 0 Å². The summed E-state index contributed by atoms with van der Waals surface area (Å²) >= 11 is 0. The Kier molecular flexibility index (Phi) is 16.9. The van der Waals surface area contributed by atoms with Crippen molar-refractivity contribution < 1.29 is 64.1 Å². The predicted molar refractivity (Wildman–Crippen MR) is 351 cm³/mol. The Morgan fingerprint density at radius 2 is 0.783 bits per heavy atom. The van der Waals surface area contributed by atoms with Gasteiger partial charge in [0.15, 0.2) is 0 Å². The number of carbonyl (C=O) groups is 6. The highest BCUT2D eigenvalue weighted by Crippen LogP contribution is 2.45. The molecule has 0 fully saturated rings. The van der Waals surface area contributed by atoms with Gasteiger partial charge in [0.1, 0.15) is 0 Å². The van der Waals surface area contributed by atoms with Crippen LogP contribution in [0.15, 0.2) is 60.7 Å². The van der Waals surface area contributed by atoms with Gasteiger partial charge >= 0.3 is 35.8 Å². The zero-order valence-electron chi connectivity index (χ0n) is 52.6. The van der Waals surface area contributed by atoms with Crippen molar-refractivity contribution in [2.24, 2.45) is 0 Å². The fourth-order valence-corrected chi connectivity index (χ4v) is 13.6. The Labute approximate surface area is 527 Å². The summed E-state index contributed by atoms with van der Waals surface area (Å²) in [7, 11) is 0. The molecular weight excluding hydrogens is 1170 g/mol. The van der Waals surface area contributed by atoms with Gasteiger partial charge in [0.05, 0.1) is 68.9 Å². The number of aromatic carboxylic acids is 2. The van der Waals surface area contributed by atoms with E-state index in [2.05, 4.69) is 39.8 Å². The number of aliphatic carboxylic acids is 4. The maximum atomic E-state index is 13.2. The summed E-state index contributed by atoms with van der Waals surface area (Å²) in [6.45, 7) is 19.5. The lowest BCUT2D eigenvalue weighted by molar-refractivity contribution is -0.137. The second kappa shape index (κ2) is 24.7. The van der Waals surface area contributed by atoms with Crippen LogP contribution in [0, 0.1) is 27.7 Å². The van der Waals surface area contributed by atoms with E-state index in [1.807, 2.05) is 72.7 Å². The first-order chi connectivity index (χ1) is 43.7. The van der Waals surface area contributed by atoms with Crippen molar-refractivity contribution in [3.63, 3.8) is 0 Å². The molecule has 16 bridgehead atoms. The molecule has 0 saturated carbocycles. The minimum Gasteiger partial charge on any atom is -0.481 e. The Bertz CT molecular complexity index is 4870. The summed E-state index contributed by atoms with van der Waals surface area (Å²) in [5, 5.41) is 60.8. The van der Waals surface area contributed by atoms with Crippen molar-refractivity contribution in [2.75, 3.05) is 0 Å². The molecule has 1 aromatic carbocycles. The third-order valence-corrected chi connectivity index (χ3v) is 18.4. The lowest BCUT2D eigenvalue weighted by atomic mass is 9.93. The van der Waals surface area contributed by atoms with Crippen molar-refractivity contribution in [1.82, 2.24) is 39.9 Å². The number of carboxylic acids is 6. The van der Waals surface area contributed by atoms with Gasteiger partial charge in [-0.05, 0) is 216 Å². The number of aromatic nitrogens is 8. The zero-order valence-corrected chi connectivity index (χ0v) is 52.6. The number of aryl methyl sites for hydroxylation is 6. The lowest BCUT2D eigenvalue weighted by Crippen LogP contribution is -2.10.